The molecule has 134 valence electrons. The second-order valence-electron chi connectivity index (χ2n) is 5.59. The number of aryl methyl sites for hydroxylation is 1. The van der Waals surface area contributed by atoms with Crippen molar-refractivity contribution in [2.24, 2.45) is 7.05 Å². The molecular weight excluding hydrogens is 346 g/mol. The molecule has 8 nitrogen and oxygen atoms in total. The highest BCUT2D eigenvalue weighted by Crippen LogP contribution is 2.20. The van der Waals surface area contributed by atoms with Crippen molar-refractivity contribution in [3.05, 3.63) is 48.0 Å². The molecule has 2 aromatic rings. The molecule has 0 saturated carbocycles. The minimum atomic E-state index is -3.65. The Balaban J connectivity index is 1.74. The summed E-state index contributed by atoms with van der Waals surface area (Å²) in [5, 5.41) is 0. The third-order valence-electron chi connectivity index (χ3n) is 3.87. The monoisotopic (exact) mass is 365 g/mol. The van der Waals surface area contributed by atoms with Crippen molar-refractivity contribution >= 4 is 16.0 Å². The number of hydrogen-bond acceptors (Lipinski definition) is 6. The first-order chi connectivity index (χ1) is 12.0. The van der Waals surface area contributed by atoms with E-state index in [1.807, 2.05) is 0 Å². The lowest BCUT2D eigenvalue weighted by Crippen LogP contribution is -2.40. The van der Waals surface area contributed by atoms with Gasteiger partial charge in [0.05, 0.1) is 18.9 Å². The van der Waals surface area contributed by atoms with Crippen LogP contribution in [0.25, 0.3) is 0 Å². The van der Waals surface area contributed by atoms with Crippen LogP contribution in [0.4, 0.5) is 0 Å². The molecule has 0 unspecified atom stereocenters. The van der Waals surface area contributed by atoms with Gasteiger partial charge in [-0.2, -0.15) is 4.31 Å². The van der Waals surface area contributed by atoms with Crippen LogP contribution in [-0.2, 0) is 33.2 Å². The van der Waals surface area contributed by atoms with Crippen LogP contribution in [0.3, 0.4) is 0 Å². The van der Waals surface area contributed by atoms with Gasteiger partial charge in [-0.15, -0.1) is 0 Å². The Hall–Kier alpha value is -2.23. The van der Waals surface area contributed by atoms with Crippen LogP contribution in [0.1, 0.15) is 16.2 Å². The van der Waals surface area contributed by atoms with E-state index < -0.39 is 16.0 Å². The third-order valence-corrected chi connectivity index (χ3v) is 5.74. The zero-order valence-electron chi connectivity index (χ0n) is 13.8. The second kappa shape index (κ2) is 7.34. The SMILES string of the molecule is Cn1cc(S(=O)(=O)N2CCOCC2)cc1C(=O)OCc1ccccn1. The Morgan fingerprint density at radius 2 is 2.08 bits per heavy atom. The van der Waals surface area contributed by atoms with Crippen LogP contribution in [0.15, 0.2) is 41.6 Å². The van der Waals surface area contributed by atoms with Gasteiger partial charge in [0.2, 0.25) is 10.0 Å². The highest BCUT2D eigenvalue weighted by Gasteiger charge is 2.29. The van der Waals surface area contributed by atoms with Gasteiger partial charge in [-0.3, -0.25) is 4.98 Å². The van der Waals surface area contributed by atoms with E-state index >= 15 is 0 Å². The molecule has 1 aliphatic rings. The summed E-state index contributed by atoms with van der Waals surface area (Å²) in [6.45, 7) is 1.36. The fourth-order valence-electron chi connectivity index (χ4n) is 2.51. The summed E-state index contributed by atoms with van der Waals surface area (Å²) in [5.41, 5.74) is 0.786. The van der Waals surface area contributed by atoms with Crippen LogP contribution in [0.2, 0.25) is 0 Å². The molecule has 25 heavy (non-hydrogen) atoms. The molecule has 0 radical (unpaired) electrons. The first-order valence-corrected chi connectivity index (χ1v) is 9.24. The molecule has 1 saturated heterocycles. The van der Waals surface area contributed by atoms with Crippen LogP contribution in [-0.4, -0.2) is 54.5 Å². The van der Waals surface area contributed by atoms with E-state index in [1.165, 1.54) is 21.1 Å². The fourth-order valence-corrected chi connectivity index (χ4v) is 3.99. The summed E-state index contributed by atoms with van der Waals surface area (Å²) in [6.07, 6.45) is 3.03. The highest BCUT2D eigenvalue weighted by atomic mass is 32.2. The van der Waals surface area contributed by atoms with Crippen molar-refractivity contribution in [2.75, 3.05) is 26.3 Å². The summed E-state index contributed by atoms with van der Waals surface area (Å²) in [5.74, 6) is -0.600. The predicted octanol–water partition coefficient (Wildman–Crippen LogP) is 0.798. The van der Waals surface area contributed by atoms with E-state index in [0.29, 0.717) is 32.0 Å². The maximum absolute atomic E-state index is 12.6. The summed E-state index contributed by atoms with van der Waals surface area (Å²) >= 11 is 0. The standard InChI is InChI=1S/C16H19N3O5S/c1-18-11-14(25(21,22)19-6-8-23-9-7-19)10-15(18)16(20)24-12-13-4-2-3-5-17-13/h2-5,10-11H,6-9,12H2,1H3. The molecule has 0 bridgehead atoms. The molecule has 2 aromatic heterocycles. The van der Waals surface area contributed by atoms with Gasteiger partial charge in [-0.25, -0.2) is 13.2 Å². The van der Waals surface area contributed by atoms with E-state index in [0.717, 1.165) is 0 Å². The van der Waals surface area contributed by atoms with Gasteiger partial charge in [-0.1, -0.05) is 6.07 Å². The molecule has 0 aliphatic carbocycles. The van der Waals surface area contributed by atoms with E-state index in [9.17, 15) is 13.2 Å². The number of carbonyl (C=O) groups is 1. The van der Waals surface area contributed by atoms with Crippen LogP contribution < -0.4 is 0 Å². The minimum Gasteiger partial charge on any atom is -0.455 e. The molecule has 0 atom stereocenters. The summed E-state index contributed by atoms with van der Waals surface area (Å²) in [6, 6.07) is 6.65. The van der Waals surface area contributed by atoms with E-state index in [1.54, 1.807) is 31.4 Å². The smallest absolute Gasteiger partial charge is 0.355 e. The first-order valence-electron chi connectivity index (χ1n) is 7.80. The third kappa shape index (κ3) is 3.89. The number of carbonyl (C=O) groups excluding carboxylic acids is 1. The Labute approximate surface area is 146 Å². The molecule has 1 fully saturated rings. The van der Waals surface area contributed by atoms with Crippen molar-refractivity contribution in [2.45, 2.75) is 11.5 Å². The van der Waals surface area contributed by atoms with Gasteiger partial charge in [0.15, 0.2) is 0 Å². The van der Waals surface area contributed by atoms with E-state index in [2.05, 4.69) is 4.98 Å². The molecule has 1 aliphatic heterocycles. The second-order valence-corrected chi connectivity index (χ2v) is 7.52. The largest absolute Gasteiger partial charge is 0.455 e. The summed E-state index contributed by atoms with van der Waals surface area (Å²) in [4.78, 5) is 16.4. The molecule has 0 spiro atoms. The van der Waals surface area contributed by atoms with Gasteiger partial charge >= 0.3 is 5.97 Å². The lowest BCUT2D eigenvalue weighted by atomic mass is 10.4. The normalized spacial score (nSPS) is 15.9. The van der Waals surface area contributed by atoms with Crippen LogP contribution >= 0.6 is 0 Å². The molecule has 0 N–H and O–H groups in total. The summed E-state index contributed by atoms with van der Waals surface area (Å²) in [7, 11) is -2.05. The molecular formula is C16H19N3O5S. The van der Waals surface area contributed by atoms with Gasteiger partial charge in [-0.05, 0) is 18.2 Å². The fraction of sp³-hybridized carbons (Fsp3) is 0.375. The lowest BCUT2D eigenvalue weighted by molar-refractivity contribution is 0.0456. The van der Waals surface area contributed by atoms with Crippen molar-refractivity contribution in [3.63, 3.8) is 0 Å². The van der Waals surface area contributed by atoms with E-state index in [4.69, 9.17) is 9.47 Å². The lowest BCUT2D eigenvalue weighted by Gasteiger charge is -2.25. The van der Waals surface area contributed by atoms with Crippen molar-refractivity contribution < 1.29 is 22.7 Å². The van der Waals surface area contributed by atoms with E-state index in [-0.39, 0.29) is 17.2 Å². The van der Waals surface area contributed by atoms with Crippen molar-refractivity contribution in [3.8, 4) is 0 Å². The highest BCUT2D eigenvalue weighted by molar-refractivity contribution is 7.89. The average molecular weight is 365 g/mol. The zero-order chi connectivity index (χ0) is 17.9. The molecule has 3 heterocycles. The quantitative estimate of drug-likeness (QED) is 0.728. The number of hydrogen-bond donors (Lipinski definition) is 0. The Bertz CT molecular complexity index is 842. The first kappa shape index (κ1) is 17.6. The minimum absolute atomic E-state index is 0.0242. The van der Waals surface area contributed by atoms with Gasteiger partial charge in [0.25, 0.3) is 0 Å². The van der Waals surface area contributed by atoms with Crippen molar-refractivity contribution in [1.82, 2.24) is 13.9 Å². The predicted molar refractivity (Wildman–Crippen MR) is 88.3 cm³/mol. The molecule has 0 aromatic carbocycles. The number of pyridine rings is 1. The Kier molecular flexibility index (Phi) is 5.16. The number of nitrogens with zero attached hydrogens (tertiary/aromatic N) is 3. The average Bonchev–Trinajstić information content (AvgIpc) is 3.04. The van der Waals surface area contributed by atoms with Gasteiger partial charge in [0.1, 0.15) is 17.2 Å². The number of sulfonamides is 1. The van der Waals surface area contributed by atoms with Gasteiger partial charge < -0.3 is 14.0 Å². The number of rotatable bonds is 5. The number of aromatic nitrogens is 2. The van der Waals surface area contributed by atoms with Gasteiger partial charge in [0, 0.05) is 32.5 Å². The molecule has 3 rings (SSSR count). The number of morpholine rings is 1. The summed E-state index contributed by atoms with van der Waals surface area (Å²) < 4.78 is 38.5. The maximum atomic E-state index is 12.6. The zero-order valence-corrected chi connectivity index (χ0v) is 14.6. The number of esters is 1. The molecule has 9 heteroatoms. The molecule has 0 amide bonds. The van der Waals surface area contributed by atoms with Crippen LogP contribution in [0, 0.1) is 0 Å². The maximum Gasteiger partial charge on any atom is 0.355 e. The topological polar surface area (TPSA) is 90.7 Å². The Morgan fingerprint density at radius 3 is 2.76 bits per heavy atom. The van der Waals surface area contributed by atoms with Crippen LogP contribution in [0.5, 0.6) is 0 Å². The van der Waals surface area contributed by atoms with Crippen molar-refractivity contribution in [1.29, 1.82) is 0 Å². The Morgan fingerprint density at radius 1 is 1.32 bits per heavy atom. The number of ether oxygens (including phenoxy) is 2.